The van der Waals surface area contributed by atoms with Crippen molar-refractivity contribution >= 4 is 17.4 Å². The Kier molecular flexibility index (Phi) is 5.58. The topological polar surface area (TPSA) is 100 Å². The average molecular weight is 384 g/mol. The quantitative estimate of drug-likeness (QED) is 0.441. The molecule has 0 fully saturated rings. The molecule has 0 bridgehead atoms. The van der Waals surface area contributed by atoms with E-state index in [0.29, 0.717) is 12.1 Å². The molecule has 2 aromatic rings. The molecule has 1 aliphatic rings. The Morgan fingerprint density at radius 1 is 1.11 bits per heavy atom. The van der Waals surface area contributed by atoms with Crippen LogP contribution in [0.2, 0.25) is 0 Å². The summed E-state index contributed by atoms with van der Waals surface area (Å²) in [6.07, 6.45) is 2.45. The zero-order chi connectivity index (χ0) is 20.3. The number of fused-ring (bicyclic) bond motifs is 1. The van der Waals surface area contributed by atoms with Crippen molar-refractivity contribution in [2.75, 3.05) is 14.2 Å². The number of oxime groups is 1. The minimum atomic E-state index is -0.768. The minimum Gasteiger partial charge on any atom is -0.496 e. The molecule has 0 aromatic heterocycles. The van der Waals surface area contributed by atoms with Crippen molar-refractivity contribution in [2.24, 2.45) is 5.16 Å². The molecule has 0 saturated carbocycles. The van der Waals surface area contributed by atoms with Gasteiger partial charge >= 0.3 is 11.7 Å². The number of nitrogens with zero attached hydrogens (tertiary/aromatic N) is 2. The second-order valence-electron chi connectivity index (χ2n) is 6.33. The van der Waals surface area contributed by atoms with Crippen LogP contribution in [0.1, 0.15) is 39.9 Å². The summed E-state index contributed by atoms with van der Waals surface area (Å²) < 4.78 is 10.3. The van der Waals surface area contributed by atoms with Crippen LogP contribution >= 0.6 is 0 Å². The molecule has 0 atom stereocenters. The van der Waals surface area contributed by atoms with Gasteiger partial charge in [0.1, 0.15) is 5.75 Å². The Morgan fingerprint density at radius 3 is 2.50 bits per heavy atom. The molecule has 0 amide bonds. The summed E-state index contributed by atoms with van der Waals surface area (Å²) in [5, 5.41) is 15.2. The van der Waals surface area contributed by atoms with E-state index in [-0.39, 0.29) is 17.0 Å². The molecule has 0 radical (unpaired) electrons. The lowest BCUT2D eigenvalue weighted by molar-refractivity contribution is -0.385. The average Bonchev–Trinajstić information content (AvgIpc) is 2.71. The Bertz CT molecular complexity index is 967. The summed E-state index contributed by atoms with van der Waals surface area (Å²) in [7, 11) is 2.95. The van der Waals surface area contributed by atoms with Gasteiger partial charge < -0.3 is 14.3 Å². The first kappa shape index (κ1) is 19.3. The van der Waals surface area contributed by atoms with Gasteiger partial charge in [-0.15, -0.1) is 0 Å². The maximum atomic E-state index is 12.3. The molecule has 0 heterocycles. The summed E-state index contributed by atoms with van der Waals surface area (Å²) in [6, 6.07) is 7.64. The zero-order valence-corrected chi connectivity index (χ0v) is 15.9. The number of hydrogen-bond donors (Lipinski definition) is 0. The van der Waals surface area contributed by atoms with E-state index in [9.17, 15) is 14.9 Å². The van der Waals surface area contributed by atoms with E-state index in [1.165, 1.54) is 19.2 Å². The molecule has 0 spiro atoms. The fourth-order valence-electron chi connectivity index (χ4n) is 3.32. The van der Waals surface area contributed by atoms with Crippen molar-refractivity contribution in [1.29, 1.82) is 0 Å². The molecule has 8 nitrogen and oxygen atoms in total. The van der Waals surface area contributed by atoms with Gasteiger partial charge in [0.15, 0.2) is 5.75 Å². The van der Waals surface area contributed by atoms with Crippen LogP contribution in [-0.4, -0.2) is 30.8 Å². The van der Waals surface area contributed by atoms with Gasteiger partial charge in [-0.1, -0.05) is 5.16 Å². The first-order chi connectivity index (χ1) is 13.5. The standard InChI is InChI=1S/C20H20N2O6/c1-12-14-5-4-6-16(15(14)8-10-18(12)26-2)21-28-20(23)13-7-9-19(27-3)17(11-13)22(24)25/h7-11H,4-6H2,1-3H3/b21-16+. The molecule has 0 N–H and O–H groups in total. The third-order valence-corrected chi connectivity index (χ3v) is 4.77. The van der Waals surface area contributed by atoms with Gasteiger partial charge in [0, 0.05) is 11.6 Å². The highest BCUT2D eigenvalue weighted by molar-refractivity contribution is 6.03. The van der Waals surface area contributed by atoms with Gasteiger partial charge in [0.05, 0.1) is 30.4 Å². The second kappa shape index (κ2) is 8.08. The van der Waals surface area contributed by atoms with Crippen molar-refractivity contribution in [2.45, 2.75) is 26.2 Å². The Morgan fingerprint density at radius 2 is 1.82 bits per heavy atom. The Hall–Kier alpha value is -3.42. The summed E-state index contributed by atoms with van der Waals surface area (Å²) in [4.78, 5) is 27.9. The largest absolute Gasteiger partial charge is 0.496 e. The number of carbonyl (C=O) groups excluding carboxylic acids is 1. The number of nitro groups is 1. The molecule has 0 unspecified atom stereocenters. The second-order valence-corrected chi connectivity index (χ2v) is 6.33. The van der Waals surface area contributed by atoms with Crippen LogP contribution in [0.3, 0.4) is 0 Å². The molecule has 2 aromatic carbocycles. The van der Waals surface area contributed by atoms with Crippen LogP contribution in [0.15, 0.2) is 35.5 Å². The summed E-state index contributed by atoms with van der Waals surface area (Å²) in [5.74, 6) is 0.108. The summed E-state index contributed by atoms with van der Waals surface area (Å²) in [6.45, 7) is 1.99. The van der Waals surface area contributed by atoms with Gasteiger partial charge in [0.2, 0.25) is 0 Å². The zero-order valence-electron chi connectivity index (χ0n) is 15.9. The lowest BCUT2D eigenvalue weighted by Crippen LogP contribution is -2.15. The number of nitro benzene ring substituents is 1. The monoisotopic (exact) mass is 384 g/mol. The Labute approximate surface area is 161 Å². The first-order valence-corrected chi connectivity index (χ1v) is 8.73. The molecule has 0 saturated heterocycles. The van der Waals surface area contributed by atoms with E-state index < -0.39 is 10.9 Å². The number of ether oxygens (including phenoxy) is 2. The highest BCUT2D eigenvalue weighted by Gasteiger charge is 2.22. The van der Waals surface area contributed by atoms with Gasteiger partial charge in [-0.05, 0) is 61.6 Å². The van der Waals surface area contributed by atoms with E-state index in [2.05, 4.69) is 5.16 Å². The lowest BCUT2D eigenvalue weighted by atomic mass is 9.87. The molecule has 146 valence electrons. The van der Waals surface area contributed by atoms with Crippen LogP contribution < -0.4 is 9.47 Å². The normalized spacial score (nSPS) is 14.3. The van der Waals surface area contributed by atoms with E-state index in [4.69, 9.17) is 14.3 Å². The summed E-state index contributed by atoms with van der Waals surface area (Å²) >= 11 is 0. The number of rotatable bonds is 5. The predicted octanol–water partition coefficient (Wildman–Crippen LogP) is 3.82. The van der Waals surface area contributed by atoms with Crippen molar-refractivity contribution in [3.63, 3.8) is 0 Å². The maximum absolute atomic E-state index is 12.3. The van der Waals surface area contributed by atoms with E-state index in [0.717, 1.165) is 41.3 Å². The van der Waals surface area contributed by atoms with Crippen molar-refractivity contribution < 1.29 is 24.0 Å². The van der Waals surface area contributed by atoms with Crippen LogP contribution in [0, 0.1) is 17.0 Å². The molecule has 0 aliphatic heterocycles. The van der Waals surface area contributed by atoms with Crippen LogP contribution in [-0.2, 0) is 11.3 Å². The predicted molar refractivity (Wildman–Crippen MR) is 102 cm³/mol. The van der Waals surface area contributed by atoms with Crippen LogP contribution in [0.5, 0.6) is 11.5 Å². The van der Waals surface area contributed by atoms with Gasteiger partial charge in [-0.2, -0.15) is 0 Å². The molecule has 3 rings (SSSR count). The highest BCUT2D eigenvalue weighted by atomic mass is 16.7. The highest BCUT2D eigenvalue weighted by Crippen LogP contribution is 2.31. The minimum absolute atomic E-state index is 0.0267. The molecule has 8 heteroatoms. The van der Waals surface area contributed by atoms with Gasteiger partial charge in [-0.3, -0.25) is 10.1 Å². The molecular weight excluding hydrogens is 364 g/mol. The lowest BCUT2D eigenvalue weighted by Gasteiger charge is -2.20. The third kappa shape index (κ3) is 3.66. The van der Waals surface area contributed by atoms with Gasteiger partial charge in [-0.25, -0.2) is 4.79 Å². The van der Waals surface area contributed by atoms with Crippen molar-refractivity contribution in [1.82, 2.24) is 0 Å². The number of carbonyl (C=O) groups is 1. The van der Waals surface area contributed by atoms with Gasteiger partial charge in [0.25, 0.3) is 0 Å². The third-order valence-electron chi connectivity index (χ3n) is 4.77. The fourth-order valence-corrected chi connectivity index (χ4v) is 3.32. The number of methoxy groups -OCH3 is 2. The molecular formula is C20H20N2O6. The molecule has 1 aliphatic carbocycles. The van der Waals surface area contributed by atoms with E-state index in [1.54, 1.807) is 7.11 Å². The summed E-state index contributed by atoms with van der Waals surface area (Å²) in [5.41, 5.74) is 3.49. The van der Waals surface area contributed by atoms with E-state index in [1.807, 2.05) is 19.1 Å². The van der Waals surface area contributed by atoms with E-state index >= 15 is 0 Å². The van der Waals surface area contributed by atoms with Crippen molar-refractivity contribution in [3.8, 4) is 11.5 Å². The maximum Gasteiger partial charge on any atom is 0.365 e. The van der Waals surface area contributed by atoms with Crippen molar-refractivity contribution in [3.05, 3.63) is 62.7 Å². The van der Waals surface area contributed by atoms with Crippen LogP contribution in [0.4, 0.5) is 5.69 Å². The SMILES string of the molecule is COc1ccc(C(=O)O/N=C2\CCCc3c2ccc(OC)c3C)cc1[N+](=O)[O-]. The first-order valence-electron chi connectivity index (χ1n) is 8.73. The Balaban J connectivity index is 1.86. The van der Waals surface area contributed by atoms with Crippen LogP contribution in [0.25, 0.3) is 0 Å². The molecule has 28 heavy (non-hydrogen) atoms. The fraction of sp³-hybridized carbons (Fsp3) is 0.300. The smallest absolute Gasteiger partial charge is 0.365 e. The number of hydrogen-bond acceptors (Lipinski definition) is 7. The number of benzene rings is 2.